The zero-order chi connectivity index (χ0) is 14.8. The number of ketones is 1. The fraction of sp³-hybridized carbons (Fsp3) is 0.950. The maximum atomic E-state index is 12.2. The summed E-state index contributed by atoms with van der Waals surface area (Å²) in [5, 5.41) is 0. The fourth-order valence-corrected chi connectivity index (χ4v) is 7.40. The van der Waals surface area contributed by atoms with Crippen LogP contribution in [0.4, 0.5) is 0 Å². The summed E-state index contributed by atoms with van der Waals surface area (Å²) in [4.78, 5) is 12.2. The molecule has 0 aromatic rings. The Morgan fingerprint density at radius 3 is 2.62 bits per heavy atom. The van der Waals surface area contributed by atoms with Crippen molar-refractivity contribution in [3.05, 3.63) is 0 Å². The third-order valence-corrected chi connectivity index (χ3v) is 8.59. The minimum Gasteiger partial charge on any atom is -0.299 e. The predicted octanol–water partition coefficient (Wildman–Crippen LogP) is 5.23. The molecule has 4 aliphatic carbocycles. The molecule has 0 aromatic heterocycles. The Kier molecular flexibility index (Phi) is 3.12. The highest BCUT2D eigenvalue weighted by molar-refractivity contribution is 5.82. The van der Waals surface area contributed by atoms with Crippen LogP contribution in [0.1, 0.15) is 78.6 Å². The van der Waals surface area contributed by atoms with Crippen molar-refractivity contribution in [1.29, 1.82) is 0 Å². The van der Waals surface area contributed by atoms with E-state index in [-0.39, 0.29) is 0 Å². The van der Waals surface area contributed by atoms with Gasteiger partial charge in [-0.3, -0.25) is 4.79 Å². The Labute approximate surface area is 130 Å². The van der Waals surface area contributed by atoms with Crippen molar-refractivity contribution < 1.29 is 4.79 Å². The molecule has 4 rings (SSSR count). The molecule has 0 aliphatic heterocycles. The van der Waals surface area contributed by atoms with E-state index in [1.165, 1.54) is 51.4 Å². The van der Waals surface area contributed by atoms with Crippen molar-refractivity contribution in [2.45, 2.75) is 78.6 Å². The number of hydrogen-bond donors (Lipinski definition) is 0. The highest BCUT2D eigenvalue weighted by atomic mass is 16.1. The SMILES string of the molecule is C[C@@H]1C[C@@]2(C)[C@@H](CC[C@H]3[C@@H]4CCC[C@@]4(C)CC[C@@H]32)CC1=O. The maximum Gasteiger partial charge on any atom is 0.136 e. The molecule has 0 heterocycles. The summed E-state index contributed by atoms with van der Waals surface area (Å²) in [6, 6.07) is 0. The van der Waals surface area contributed by atoms with E-state index in [4.69, 9.17) is 0 Å². The molecule has 0 amide bonds. The molecule has 4 fully saturated rings. The molecule has 21 heavy (non-hydrogen) atoms. The maximum absolute atomic E-state index is 12.2. The van der Waals surface area contributed by atoms with Crippen LogP contribution in [-0.2, 0) is 4.79 Å². The van der Waals surface area contributed by atoms with Gasteiger partial charge in [-0.05, 0) is 79.4 Å². The van der Waals surface area contributed by atoms with Gasteiger partial charge >= 0.3 is 0 Å². The Morgan fingerprint density at radius 1 is 1.00 bits per heavy atom. The Morgan fingerprint density at radius 2 is 1.81 bits per heavy atom. The minimum absolute atomic E-state index is 0.321. The number of rotatable bonds is 0. The van der Waals surface area contributed by atoms with Crippen molar-refractivity contribution >= 4 is 5.78 Å². The minimum atomic E-state index is 0.321. The highest BCUT2D eigenvalue weighted by Crippen LogP contribution is 2.66. The molecular weight excluding hydrogens is 256 g/mol. The zero-order valence-electron chi connectivity index (χ0n) is 14.2. The summed E-state index contributed by atoms with van der Waals surface area (Å²) in [5.41, 5.74) is 1.14. The molecule has 4 saturated carbocycles. The number of Topliss-reactive ketones (excluding diaryl/α,β-unsaturated/α-hetero) is 1. The lowest BCUT2D eigenvalue weighted by molar-refractivity contribution is -0.144. The van der Waals surface area contributed by atoms with Gasteiger partial charge in [0, 0.05) is 12.3 Å². The molecule has 118 valence electrons. The molecule has 0 unspecified atom stereocenters. The lowest BCUT2D eigenvalue weighted by Gasteiger charge is -2.60. The number of carbonyl (C=O) groups excluding carboxylic acids is 1. The van der Waals surface area contributed by atoms with E-state index < -0.39 is 0 Å². The number of fused-ring (bicyclic) bond motifs is 5. The summed E-state index contributed by atoms with van der Waals surface area (Å²) in [6.45, 7) is 7.34. The quantitative estimate of drug-likeness (QED) is 0.596. The lowest BCUT2D eigenvalue weighted by atomic mass is 9.44. The third-order valence-electron chi connectivity index (χ3n) is 8.59. The van der Waals surface area contributed by atoms with Crippen LogP contribution in [0.25, 0.3) is 0 Å². The van der Waals surface area contributed by atoms with Crippen LogP contribution >= 0.6 is 0 Å². The standard InChI is InChI=1S/C20H32O/c1-13-12-20(3)14(11-18(13)21)6-7-15-16-5-4-9-19(16,2)10-8-17(15)20/h13-17H,4-12H2,1-3H3/t13-,14+,15+,16+,17+,19+,20+/m1/s1. The molecular formula is C20H32O. The van der Waals surface area contributed by atoms with Gasteiger partial charge in [-0.1, -0.05) is 27.2 Å². The van der Waals surface area contributed by atoms with Crippen molar-refractivity contribution in [3.63, 3.8) is 0 Å². The van der Waals surface area contributed by atoms with Crippen LogP contribution in [0.2, 0.25) is 0 Å². The van der Waals surface area contributed by atoms with Crippen molar-refractivity contribution in [1.82, 2.24) is 0 Å². The van der Waals surface area contributed by atoms with E-state index in [0.717, 1.165) is 24.2 Å². The van der Waals surface area contributed by atoms with Gasteiger partial charge in [0.15, 0.2) is 0 Å². The number of carbonyl (C=O) groups is 1. The monoisotopic (exact) mass is 288 g/mol. The first-order chi connectivity index (χ1) is 9.94. The highest BCUT2D eigenvalue weighted by Gasteiger charge is 2.58. The summed E-state index contributed by atoms with van der Waals surface area (Å²) >= 11 is 0. The van der Waals surface area contributed by atoms with Crippen LogP contribution in [0.5, 0.6) is 0 Å². The second-order valence-corrected chi connectivity index (χ2v) is 9.52. The second kappa shape index (κ2) is 4.59. The van der Waals surface area contributed by atoms with Crippen LogP contribution in [0.3, 0.4) is 0 Å². The van der Waals surface area contributed by atoms with Crippen LogP contribution in [0, 0.1) is 40.4 Å². The average molecular weight is 288 g/mol. The van der Waals surface area contributed by atoms with Crippen molar-refractivity contribution in [2.75, 3.05) is 0 Å². The van der Waals surface area contributed by atoms with Crippen LogP contribution in [-0.4, -0.2) is 5.78 Å². The van der Waals surface area contributed by atoms with Crippen molar-refractivity contribution in [3.8, 4) is 0 Å². The summed E-state index contributed by atoms with van der Waals surface area (Å²) in [7, 11) is 0. The number of hydrogen-bond acceptors (Lipinski definition) is 1. The van der Waals surface area contributed by atoms with E-state index in [2.05, 4.69) is 20.8 Å². The normalized spacial score (nSPS) is 56.5. The third kappa shape index (κ3) is 1.91. The molecule has 0 saturated heterocycles. The topological polar surface area (TPSA) is 17.1 Å². The molecule has 0 aromatic carbocycles. The van der Waals surface area contributed by atoms with Gasteiger partial charge in [-0.2, -0.15) is 0 Å². The van der Waals surface area contributed by atoms with Crippen LogP contribution in [0.15, 0.2) is 0 Å². The molecule has 7 atom stereocenters. The van der Waals surface area contributed by atoms with Gasteiger partial charge in [0.25, 0.3) is 0 Å². The average Bonchev–Trinajstić information content (AvgIpc) is 2.82. The summed E-state index contributed by atoms with van der Waals surface area (Å²) in [6.07, 6.45) is 12.2. The molecule has 4 aliphatic rings. The Hall–Kier alpha value is -0.330. The Bertz CT molecular complexity index is 455. The molecule has 1 nitrogen and oxygen atoms in total. The second-order valence-electron chi connectivity index (χ2n) is 9.52. The van der Waals surface area contributed by atoms with E-state index in [9.17, 15) is 4.79 Å². The van der Waals surface area contributed by atoms with E-state index >= 15 is 0 Å². The summed E-state index contributed by atoms with van der Waals surface area (Å²) in [5.74, 6) is 4.48. The largest absolute Gasteiger partial charge is 0.299 e. The molecule has 0 spiro atoms. The van der Waals surface area contributed by atoms with Gasteiger partial charge < -0.3 is 0 Å². The first-order valence-electron chi connectivity index (χ1n) is 9.47. The van der Waals surface area contributed by atoms with Gasteiger partial charge in [0.2, 0.25) is 0 Å². The van der Waals surface area contributed by atoms with Gasteiger partial charge in [0.05, 0.1) is 0 Å². The van der Waals surface area contributed by atoms with Crippen molar-refractivity contribution in [2.24, 2.45) is 40.4 Å². The molecule has 0 N–H and O–H groups in total. The van der Waals surface area contributed by atoms with E-state index in [0.29, 0.717) is 28.4 Å². The van der Waals surface area contributed by atoms with Gasteiger partial charge in [-0.15, -0.1) is 0 Å². The first-order valence-corrected chi connectivity index (χ1v) is 9.47. The van der Waals surface area contributed by atoms with Crippen LogP contribution < -0.4 is 0 Å². The lowest BCUT2D eigenvalue weighted by Crippen LogP contribution is -2.54. The fourth-order valence-electron chi connectivity index (χ4n) is 7.40. The summed E-state index contributed by atoms with van der Waals surface area (Å²) < 4.78 is 0. The molecule has 1 heteroatoms. The smallest absolute Gasteiger partial charge is 0.136 e. The van der Waals surface area contributed by atoms with E-state index in [1.807, 2.05) is 0 Å². The zero-order valence-corrected chi connectivity index (χ0v) is 14.2. The first kappa shape index (κ1) is 14.3. The molecule has 0 bridgehead atoms. The van der Waals surface area contributed by atoms with E-state index in [1.54, 1.807) is 0 Å². The van der Waals surface area contributed by atoms with Gasteiger partial charge in [0.1, 0.15) is 5.78 Å². The van der Waals surface area contributed by atoms with Gasteiger partial charge in [-0.25, -0.2) is 0 Å². The predicted molar refractivity (Wildman–Crippen MR) is 85.9 cm³/mol. The molecule has 0 radical (unpaired) electrons. The Balaban J connectivity index is 1.65.